The zero-order chi connectivity index (χ0) is 15.8. The second kappa shape index (κ2) is 5.94. The van der Waals surface area contributed by atoms with Crippen molar-refractivity contribution in [2.75, 3.05) is 13.1 Å². The van der Waals surface area contributed by atoms with Crippen LogP contribution >= 0.6 is 0 Å². The van der Waals surface area contributed by atoms with Crippen molar-refractivity contribution in [3.05, 3.63) is 0 Å². The maximum absolute atomic E-state index is 6.80. The number of nitrogens with zero attached hydrogens (tertiary/aromatic N) is 1. The molecule has 120 valence electrons. The Morgan fingerprint density at radius 1 is 1.20 bits per heavy atom. The normalized spacial score (nSPS) is 29.4. The number of likely N-dealkylation sites (N-methyl/N-ethyl adjacent to an activating group) is 1. The summed E-state index contributed by atoms with van der Waals surface area (Å²) >= 11 is 0. The van der Waals surface area contributed by atoms with Crippen LogP contribution in [0.1, 0.15) is 68.2 Å². The van der Waals surface area contributed by atoms with Crippen LogP contribution in [0.5, 0.6) is 0 Å². The van der Waals surface area contributed by atoms with E-state index in [4.69, 9.17) is 10.5 Å². The quantitative estimate of drug-likeness (QED) is 0.812. The van der Waals surface area contributed by atoms with Crippen LogP contribution < -0.4 is 5.73 Å². The van der Waals surface area contributed by atoms with E-state index in [0.29, 0.717) is 5.92 Å². The Morgan fingerprint density at radius 3 is 2.00 bits per heavy atom. The minimum Gasteiger partial charge on any atom is -0.369 e. The van der Waals surface area contributed by atoms with E-state index in [1.54, 1.807) is 0 Å². The van der Waals surface area contributed by atoms with Gasteiger partial charge in [-0.1, -0.05) is 20.8 Å². The van der Waals surface area contributed by atoms with Crippen LogP contribution in [0.2, 0.25) is 0 Å². The zero-order valence-corrected chi connectivity index (χ0v) is 14.9. The standard InChI is InChI=1S/C17H36N2O/c1-9-17(8,19(10-2)11-3)14(18)13-12-15(4,5)20-16(13,6)7/h13-14H,9-12,18H2,1-8H3. The highest BCUT2D eigenvalue weighted by atomic mass is 16.5. The average Bonchev–Trinajstić information content (AvgIpc) is 2.57. The number of rotatable bonds is 6. The molecule has 3 nitrogen and oxygen atoms in total. The monoisotopic (exact) mass is 284 g/mol. The van der Waals surface area contributed by atoms with Gasteiger partial charge >= 0.3 is 0 Å². The predicted octanol–water partition coefficient (Wildman–Crippen LogP) is 3.42. The molecule has 0 bridgehead atoms. The highest BCUT2D eigenvalue weighted by molar-refractivity contribution is 5.06. The van der Waals surface area contributed by atoms with Gasteiger partial charge < -0.3 is 10.5 Å². The van der Waals surface area contributed by atoms with Crippen molar-refractivity contribution in [2.45, 2.75) is 91.0 Å². The van der Waals surface area contributed by atoms with Crippen LogP contribution in [-0.4, -0.2) is 40.8 Å². The molecule has 1 heterocycles. The predicted molar refractivity (Wildman–Crippen MR) is 86.9 cm³/mol. The smallest absolute Gasteiger partial charge is 0.0678 e. The third-order valence-electron chi connectivity index (χ3n) is 5.50. The van der Waals surface area contributed by atoms with Crippen LogP contribution in [0.3, 0.4) is 0 Å². The molecule has 0 aromatic carbocycles. The van der Waals surface area contributed by atoms with Crippen molar-refractivity contribution in [3.8, 4) is 0 Å². The van der Waals surface area contributed by atoms with Crippen LogP contribution in [0.25, 0.3) is 0 Å². The van der Waals surface area contributed by atoms with E-state index in [0.717, 1.165) is 25.9 Å². The number of hydrogen-bond acceptors (Lipinski definition) is 3. The summed E-state index contributed by atoms with van der Waals surface area (Å²) in [5.41, 5.74) is 6.62. The summed E-state index contributed by atoms with van der Waals surface area (Å²) < 4.78 is 6.26. The summed E-state index contributed by atoms with van der Waals surface area (Å²) in [6.45, 7) is 19.9. The van der Waals surface area contributed by atoms with E-state index in [1.807, 2.05) is 0 Å². The Bertz CT molecular complexity index is 323. The van der Waals surface area contributed by atoms with E-state index in [1.165, 1.54) is 0 Å². The Kier molecular flexibility index (Phi) is 5.32. The van der Waals surface area contributed by atoms with Gasteiger partial charge in [-0.05, 0) is 60.5 Å². The van der Waals surface area contributed by atoms with Gasteiger partial charge in [0.2, 0.25) is 0 Å². The lowest BCUT2D eigenvalue weighted by Gasteiger charge is -2.48. The Hall–Kier alpha value is -0.120. The molecule has 0 saturated carbocycles. The van der Waals surface area contributed by atoms with Gasteiger partial charge in [-0.15, -0.1) is 0 Å². The van der Waals surface area contributed by atoms with Crippen LogP contribution in [0, 0.1) is 5.92 Å². The lowest BCUT2D eigenvalue weighted by atomic mass is 9.72. The molecule has 0 aromatic rings. The van der Waals surface area contributed by atoms with E-state index in [9.17, 15) is 0 Å². The van der Waals surface area contributed by atoms with E-state index >= 15 is 0 Å². The van der Waals surface area contributed by atoms with Gasteiger partial charge in [0.05, 0.1) is 11.2 Å². The molecule has 0 radical (unpaired) electrons. The van der Waals surface area contributed by atoms with Gasteiger partial charge in [0, 0.05) is 17.5 Å². The SMILES string of the molecule is CCN(CC)C(C)(CC)C(N)C1CC(C)(C)OC1(C)C. The molecular formula is C17H36N2O. The molecule has 0 aliphatic carbocycles. The lowest BCUT2D eigenvalue weighted by molar-refractivity contribution is -0.0830. The maximum atomic E-state index is 6.80. The van der Waals surface area contributed by atoms with E-state index in [2.05, 4.69) is 60.3 Å². The Labute approximate surface area is 126 Å². The first-order valence-electron chi connectivity index (χ1n) is 8.25. The number of ether oxygens (including phenoxy) is 1. The summed E-state index contributed by atoms with van der Waals surface area (Å²) in [5, 5.41) is 0. The molecule has 3 atom stereocenters. The molecule has 2 N–H and O–H groups in total. The molecule has 1 saturated heterocycles. The molecule has 3 heteroatoms. The first-order chi connectivity index (χ1) is 9.04. The van der Waals surface area contributed by atoms with Gasteiger partial charge in [-0.2, -0.15) is 0 Å². The average molecular weight is 284 g/mol. The highest BCUT2D eigenvalue weighted by Gasteiger charge is 2.52. The van der Waals surface area contributed by atoms with Gasteiger partial charge in [0.1, 0.15) is 0 Å². The minimum absolute atomic E-state index is 0.0369. The third kappa shape index (κ3) is 3.20. The van der Waals surface area contributed by atoms with Crippen molar-refractivity contribution in [1.29, 1.82) is 0 Å². The molecule has 1 aliphatic heterocycles. The summed E-state index contributed by atoms with van der Waals surface area (Å²) in [5.74, 6) is 0.392. The molecule has 3 unspecified atom stereocenters. The number of nitrogens with two attached hydrogens (primary N) is 1. The minimum atomic E-state index is -0.146. The fourth-order valence-corrected chi connectivity index (χ4v) is 4.21. The van der Waals surface area contributed by atoms with Gasteiger partial charge in [-0.25, -0.2) is 0 Å². The summed E-state index contributed by atoms with van der Waals surface area (Å²) in [4.78, 5) is 2.51. The second-order valence-electron chi connectivity index (χ2n) is 7.68. The highest BCUT2D eigenvalue weighted by Crippen LogP contribution is 2.46. The van der Waals surface area contributed by atoms with Gasteiger partial charge in [-0.3, -0.25) is 4.90 Å². The molecule has 0 amide bonds. The topological polar surface area (TPSA) is 38.5 Å². The van der Waals surface area contributed by atoms with Crippen molar-refractivity contribution in [2.24, 2.45) is 11.7 Å². The molecule has 1 rings (SSSR count). The Balaban J connectivity index is 3.05. The fraction of sp³-hybridized carbons (Fsp3) is 1.00. The van der Waals surface area contributed by atoms with E-state index < -0.39 is 0 Å². The van der Waals surface area contributed by atoms with Gasteiger partial charge in [0.25, 0.3) is 0 Å². The van der Waals surface area contributed by atoms with Crippen molar-refractivity contribution < 1.29 is 4.74 Å². The van der Waals surface area contributed by atoms with Crippen LogP contribution in [0.15, 0.2) is 0 Å². The Morgan fingerprint density at radius 2 is 1.70 bits per heavy atom. The van der Waals surface area contributed by atoms with Crippen LogP contribution in [0.4, 0.5) is 0 Å². The van der Waals surface area contributed by atoms with Crippen molar-refractivity contribution in [1.82, 2.24) is 4.90 Å². The first kappa shape index (κ1) is 17.9. The fourth-order valence-electron chi connectivity index (χ4n) is 4.21. The largest absolute Gasteiger partial charge is 0.369 e. The molecule has 1 fully saturated rings. The number of hydrogen-bond donors (Lipinski definition) is 1. The molecule has 0 spiro atoms. The lowest BCUT2D eigenvalue weighted by Crippen LogP contribution is -2.62. The van der Waals surface area contributed by atoms with Gasteiger partial charge in [0.15, 0.2) is 0 Å². The molecule has 1 aliphatic rings. The summed E-state index contributed by atoms with van der Waals surface area (Å²) in [6.07, 6.45) is 2.11. The molecule has 0 aromatic heterocycles. The third-order valence-corrected chi connectivity index (χ3v) is 5.50. The van der Waals surface area contributed by atoms with Crippen molar-refractivity contribution >= 4 is 0 Å². The van der Waals surface area contributed by atoms with E-state index in [-0.39, 0.29) is 22.8 Å². The molecular weight excluding hydrogens is 248 g/mol. The maximum Gasteiger partial charge on any atom is 0.0678 e. The van der Waals surface area contributed by atoms with Crippen molar-refractivity contribution in [3.63, 3.8) is 0 Å². The summed E-state index contributed by atoms with van der Waals surface area (Å²) in [6, 6.07) is 0.129. The second-order valence-corrected chi connectivity index (χ2v) is 7.68. The first-order valence-corrected chi connectivity index (χ1v) is 8.25. The zero-order valence-electron chi connectivity index (χ0n) is 14.9. The summed E-state index contributed by atoms with van der Waals surface area (Å²) in [7, 11) is 0. The molecule has 20 heavy (non-hydrogen) atoms. The van der Waals surface area contributed by atoms with Crippen LogP contribution in [-0.2, 0) is 4.74 Å².